The number of nitrogens with zero attached hydrogens (tertiary/aromatic N) is 1. The van der Waals surface area contributed by atoms with Crippen molar-refractivity contribution in [2.45, 2.75) is 6.92 Å². The number of benzene rings is 1. The van der Waals surface area contributed by atoms with Crippen molar-refractivity contribution in [1.82, 2.24) is 2.66 Å². The van der Waals surface area contributed by atoms with Gasteiger partial charge in [0.2, 0.25) is 0 Å². The normalized spacial score (nSPS) is 8.57. The van der Waals surface area contributed by atoms with Crippen LogP contribution in [0.1, 0.15) is 6.92 Å². The summed E-state index contributed by atoms with van der Waals surface area (Å²) in [6.45, 7) is 1.08. The number of hydrogen-bond acceptors (Lipinski definition) is 2. The molecule has 14 heavy (non-hydrogen) atoms. The molecule has 74 valence electrons. The van der Waals surface area contributed by atoms with Crippen molar-refractivity contribution < 1.29 is 34.8 Å². The van der Waals surface area contributed by atoms with Crippen molar-refractivity contribution in [1.29, 1.82) is 0 Å². The van der Waals surface area contributed by atoms with Gasteiger partial charge >= 0.3 is 75.0 Å². The van der Waals surface area contributed by atoms with E-state index >= 15 is 0 Å². The first-order valence-electron chi connectivity index (χ1n) is 4.40. The Labute approximate surface area is 97.6 Å². The molecule has 0 saturated heterocycles. The van der Waals surface area contributed by atoms with Crippen LogP contribution in [-0.2, 0) is 29.7 Å². The Hall–Kier alpha value is -0.415. The van der Waals surface area contributed by atoms with E-state index in [9.17, 15) is 0 Å². The van der Waals surface area contributed by atoms with Crippen LogP contribution < -0.4 is 3.07 Å². The molecule has 0 aliphatic rings. The summed E-state index contributed by atoms with van der Waals surface area (Å²) in [6, 6.07) is 10.8. The molecule has 0 aliphatic heterocycles. The predicted molar refractivity (Wildman–Crippen MR) is 53.1 cm³/mol. The molecule has 1 N–H and O–H groups in total. The summed E-state index contributed by atoms with van der Waals surface area (Å²) in [4.78, 5) is 9.00. The van der Waals surface area contributed by atoms with E-state index in [4.69, 9.17) is 9.90 Å². The second-order valence-electron chi connectivity index (χ2n) is 3.24. The van der Waals surface area contributed by atoms with Crippen LogP contribution in [0.15, 0.2) is 30.3 Å². The van der Waals surface area contributed by atoms with E-state index in [-0.39, 0.29) is 0 Å². The van der Waals surface area contributed by atoms with Gasteiger partial charge in [-0.25, -0.2) is 0 Å². The molecular formula is C10H15HgNO2. The SMILES string of the molecule is CC(=O)O.C[N](C)[Hg][c]1ccccc1. The van der Waals surface area contributed by atoms with Gasteiger partial charge in [-0.3, -0.25) is 4.79 Å². The van der Waals surface area contributed by atoms with Gasteiger partial charge in [-0.1, -0.05) is 0 Å². The van der Waals surface area contributed by atoms with Crippen molar-refractivity contribution in [3.05, 3.63) is 30.3 Å². The Morgan fingerprint density at radius 3 is 2.07 bits per heavy atom. The molecule has 1 rings (SSSR count). The summed E-state index contributed by atoms with van der Waals surface area (Å²) in [6.07, 6.45) is 0. The van der Waals surface area contributed by atoms with Gasteiger partial charge in [-0.05, 0) is 0 Å². The molecule has 3 nitrogen and oxygen atoms in total. The molecule has 0 unspecified atom stereocenters. The average Bonchev–Trinajstić information content (AvgIpc) is 2.03. The van der Waals surface area contributed by atoms with Crippen LogP contribution in [-0.4, -0.2) is 27.8 Å². The molecule has 0 atom stereocenters. The average molecular weight is 382 g/mol. The van der Waals surface area contributed by atoms with Crippen molar-refractivity contribution in [2.24, 2.45) is 0 Å². The van der Waals surface area contributed by atoms with Crippen LogP contribution in [0.5, 0.6) is 0 Å². The topological polar surface area (TPSA) is 40.5 Å². The first-order valence-corrected chi connectivity index (χ1v) is 9.61. The van der Waals surface area contributed by atoms with E-state index < -0.39 is 30.8 Å². The molecule has 0 saturated carbocycles. The van der Waals surface area contributed by atoms with Crippen LogP contribution in [0.2, 0.25) is 0 Å². The summed E-state index contributed by atoms with van der Waals surface area (Å²) in [5.74, 6) is -0.833. The number of aliphatic carboxylic acids is 1. The predicted octanol–water partition coefficient (Wildman–Crippen LogP) is 0.962. The number of rotatable bonds is 2. The van der Waals surface area contributed by atoms with Gasteiger partial charge < -0.3 is 5.11 Å². The summed E-state index contributed by atoms with van der Waals surface area (Å²) in [5, 5.41) is 7.42. The zero-order chi connectivity index (χ0) is 11.0. The Morgan fingerprint density at radius 1 is 1.29 bits per heavy atom. The monoisotopic (exact) mass is 383 g/mol. The van der Waals surface area contributed by atoms with Crippen LogP contribution >= 0.6 is 0 Å². The first-order chi connectivity index (χ1) is 6.52. The zero-order valence-electron chi connectivity index (χ0n) is 8.90. The van der Waals surface area contributed by atoms with E-state index in [0.29, 0.717) is 0 Å². The van der Waals surface area contributed by atoms with Crippen LogP contribution in [0.25, 0.3) is 0 Å². The quantitative estimate of drug-likeness (QED) is 0.776. The van der Waals surface area contributed by atoms with Crippen molar-refractivity contribution in [2.75, 3.05) is 14.1 Å². The first kappa shape index (κ1) is 13.6. The third-order valence-electron chi connectivity index (χ3n) is 1.34. The van der Waals surface area contributed by atoms with Gasteiger partial charge in [-0.15, -0.1) is 0 Å². The standard InChI is InChI=1S/C6H5.C2H6N.C2H4O2.Hg/c1-2-4-6-5-3-1;1-3-2;1-2(3)4;/h1-5H;1-2H3;1H3,(H,3,4);/q;-1;;+1. The molecule has 0 aromatic heterocycles. The number of carboxylic acid groups (broad SMARTS) is 1. The fourth-order valence-electron chi connectivity index (χ4n) is 0.949. The minimum absolute atomic E-state index is 0.833. The molecule has 1 aromatic rings. The number of hydrogen-bond donors (Lipinski definition) is 1. The molecule has 0 bridgehead atoms. The zero-order valence-corrected chi connectivity index (χ0v) is 14.4. The van der Waals surface area contributed by atoms with E-state index in [0.717, 1.165) is 6.92 Å². The van der Waals surface area contributed by atoms with Crippen molar-refractivity contribution >= 4 is 9.04 Å². The molecule has 0 radical (unpaired) electrons. The molecule has 0 amide bonds. The van der Waals surface area contributed by atoms with E-state index in [1.54, 1.807) is 3.07 Å². The summed E-state index contributed by atoms with van der Waals surface area (Å²) >= 11 is -0.846. The van der Waals surface area contributed by atoms with Crippen molar-refractivity contribution in [3.8, 4) is 0 Å². The molecular weight excluding hydrogens is 367 g/mol. The molecule has 0 heterocycles. The maximum absolute atomic E-state index is 9.00. The molecule has 4 heteroatoms. The Kier molecular flexibility index (Phi) is 7.70. The van der Waals surface area contributed by atoms with Crippen LogP contribution in [0.4, 0.5) is 0 Å². The number of carboxylic acids is 1. The van der Waals surface area contributed by atoms with Gasteiger partial charge in [0.15, 0.2) is 0 Å². The molecule has 1 aromatic carbocycles. The van der Waals surface area contributed by atoms with E-state index in [1.165, 1.54) is 0 Å². The summed E-state index contributed by atoms with van der Waals surface area (Å²) in [5.41, 5.74) is 0. The van der Waals surface area contributed by atoms with Crippen molar-refractivity contribution in [3.63, 3.8) is 0 Å². The van der Waals surface area contributed by atoms with Gasteiger partial charge in [0.1, 0.15) is 0 Å². The molecule has 0 fully saturated rings. The second-order valence-corrected chi connectivity index (χ2v) is 12.6. The van der Waals surface area contributed by atoms with Crippen LogP contribution in [0, 0.1) is 0 Å². The van der Waals surface area contributed by atoms with Gasteiger partial charge in [0, 0.05) is 6.92 Å². The van der Waals surface area contributed by atoms with Gasteiger partial charge in [0.25, 0.3) is 5.97 Å². The fourth-order valence-corrected chi connectivity index (χ4v) is 5.67. The number of carbonyl (C=O) groups is 1. The minimum atomic E-state index is -0.846. The van der Waals surface area contributed by atoms with Gasteiger partial charge in [0.05, 0.1) is 0 Å². The third-order valence-corrected chi connectivity index (χ3v) is 7.05. The van der Waals surface area contributed by atoms with E-state index in [2.05, 4.69) is 47.1 Å². The Bertz CT molecular complexity index is 258. The Morgan fingerprint density at radius 2 is 1.71 bits per heavy atom. The second kappa shape index (κ2) is 7.94. The maximum atomic E-state index is 9.00. The third kappa shape index (κ3) is 9.67. The Balaban J connectivity index is 0.000000364. The fraction of sp³-hybridized carbons (Fsp3) is 0.300. The summed E-state index contributed by atoms with van der Waals surface area (Å²) in [7, 11) is 4.35. The van der Waals surface area contributed by atoms with Crippen LogP contribution in [0.3, 0.4) is 0 Å². The molecule has 0 spiro atoms. The van der Waals surface area contributed by atoms with E-state index in [1.807, 2.05) is 0 Å². The summed E-state index contributed by atoms with van der Waals surface area (Å²) < 4.78 is 3.97. The van der Waals surface area contributed by atoms with Gasteiger partial charge in [-0.2, -0.15) is 0 Å². The molecule has 0 aliphatic carbocycles.